The molecular formula is C20H18F3N3O3. The van der Waals surface area contributed by atoms with E-state index in [0.29, 0.717) is 18.6 Å². The Hall–Kier alpha value is -2.94. The number of aliphatic hydroxyl groups is 1. The number of hydrogen-bond acceptors (Lipinski definition) is 5. The summed E-state index contributed by atoms with van der Waals surface area (Å²) in [5, 5.41) is 15.2. The topological polar surface area (TPSA) is 77.2 Å². The van der Waals surface area contributed by atoms with Gasteiger partial charge in [-0.1, -0.05) is 6.07 Å². The summed E-state index contributed by atoms with van der Waals surface area (Å²) in [6, 6.07) is 3.53. The molecule has 0 radical (unpaired) electrons. The number of hydrogen-bond donors (Lipinski definition) is 1. The summed E-state index contributed by atoms with van der Waals surface area (Å²) >= 11 is 0. The fourth-order valence-corrected chi connectivity index (χ4v) is 3.48. The van der Waals surface area contributed by atoms with E-state index in [1.165, 1.54) is 47.7 Å². The molecule has 0 aliphatic heterocycles. The fraction of sp³-hybridized carbons (Fsp3) is 0.350. The zero-order chi connectivity index (χ0) is 20.6. The molecule has 1 atom stereocenters. The Morgan fingerprint density at radius 3 is 2.59 bits per heavy atom. The molecule has 0 amide bonds. The maximum atomic E-state index is 13.9. The molecule has 2 aliphatic carbocycles. The van der Waals surface area contributed by atoms with E-state index in [0.717, 1.165) is 6.07 Å². The van der Waals surface area contributed by atoms with E-state index < -0.39 is 17.3 Å². The molecule has 1 saturated carbocycles. The number of carbonyl (C=O) groups excluding carboxylic acids is 1. The normalized spacial score (nSPS) is 19.0. The van der Waals surface area contributed by atoms with Crippen LogP contribution < -0.4 is 4.74 Å². The molecule has 9 heteroatoms. The van der Waals surface area contributed by atoms with Crippen molar-refractivity contribution in [1.29, 1.82) is 0 Å². The van der Waals surface area contributed by atoms with Crippen molar-refractivity contribution in [1.82, 2.24) is 14.8 Å². The lowest BCUT2D eigenvalue weighted by Gasteiger charge is -2.31. The maximum absolute atomic E-state index is 13.9. The van der Waals surface area contributed by atoms with Crippen LogP contribution in [0, 0.1) is 5.92 Å². The van der Waals surface area contributed by atoms with Gasteiger partial charge in [0.1, 0.15) is 29.8 Å². The second-order valence-electron chi connectivity index (χ2n) is 7.21. The summed E-state index contributed by atoms with van der Waals surface area (Å²) in [5.74, 6) is -0.128. The number of allylic oxidation sites excluding steroid dienone is 3. The van der Waals surface area contributed by atoms with Crippen molar-refractivity contribution in [2.45, 2.75) is 37.6 Å². The zero-order valence-electron chi connectivity index (χ0n) is 15.3. The number of aromatic nitrogens is 3. The van der Waals surface area contributed by atoms with Gasteiger partial charge in [-0.2, -0.15) is 18.3 Å². The first-order chi connectivity index (χ1) is 13.8. The van der Waals surface area contributed by atoms with Crippen LogP contribution in [0.15, 0.2) is 54.8 Å². The number of nitrogens with zero attached hydrogens (tertiary/aromatic N) is 3. The van der Waals surface area contributed by atoms with Crippen molar-refractivity contribution in [3.63, 3.8) is 0 Å². The van der Waals surface area contributed by atoms with E-state index >= 15 is 0 Å². The van der Waals surface area contributed by atoms with Gasteiger partial charge in [0.25, 0.3) is 0 Å². The van der Waals surface area contributed by atoms with Crippen LogP contribution in [0.25, 0.3) is 0 Å². The standard InChI is InChI=1S/C20H18F3N3O3/c21-20(22,23)18-9-16(29-15-5-3-14(27)4-6-15)7-8-17(18)19(28,13-1-2-13)10-26-12-24-11-25-26/h3,5-9,11-13,28H,1-2,4,10H2. The largest absolute Gasteiger partial charge is 0.458 e. The van der Waals surface area contributed by atoms with Gasteiger partial charge in [-0.25, -0.2) is 9.67 Å². The summed E-state index contributed by atoms with van der Waals surface area (Å²) in [5.41, 5.74) is -2.90. The highest BCUT2D eigenvalue weighted by molar-refractivity contribution is 5.92. The number of benzene rings is 1. The minimum Gasteiger partial charge on any atom is -0.458 e. The van der Waals surface area contributed by atoms with Gasteiger partial charge in [-0.3, -0.25) is 4.79 Å². The Labute approximate surface area is 164 Å². The van der Waals surface area contributed by atoms with Crippen molar-refractivity contribution in [3.8, 4) is 5.75 Å². The highest BCUT2D eigenvalue weighted by atomic mass is 19.4. The predicted octanol–water partition coefficient (Wildman–Crippen LogP) is 3.39. The van der Waals surface area contributed by atoms with Crippen LogP contribution in [0.2, 0.25) is 0 Å². The van der Waals surface area contributed by atoms with Crippen molar-refractivity contribution in [3.05, 3.63) is 66.0 Å². The SMILES string of the molecule is O=C1C=CC(Oc2ccc(C(O)(Cn3cncn3)C3CC3)c(C(F)(F)F)c2)=CC1. The second kappa shape index (κ2) is 7.14. The van der Waals surface area contributed by atoms with E-state index in [1.807, 2.05) is 0 Å². The summed E-state index contributed by atoms with van der Waals surface area (Å²) < 4.78 is 48.5. The van der Waals surface area contributed by atoms with E-state index in [2.05, 4.69) is 10.1 Å². The number of halogens is 3. The maximum Gasteiger partial charge on any atom is 0.416 e. The molecule has 1 fully saturated rings. The highest BCUT2D eigenvalue weighted by Gasteiger charge is 2.50. The molecule has 2 aliphatic rings. The van der Waals surface area contributed by atoms with Crippen LogP contribution >= 0.6 is 0 Å². The third-order valence-corrected chi connectivity index (χ3v) is 5.06. The number of alkyl halides is 3. The number of carbonyl (C=O) groups is 1. The van der Waals surface area contributed by atoms with Crippen molar-refractivity contribution in [2.75, 3.05) is 0 Å². The Balaban J connectivity index is 1.70. The molecule has 0 spiro atoms. The van der Waals surface area contributed by atoms with Crippen molar-refractivity contribution in [2.24, 2.45) is 5.92 Å². The van der Waals surface area contributed by atoms with Gasteiger partial charge in [0, 0.05) is 6.42 Å². The molecule has 152 valence electrons. The van der Waals surface area contributed by atoms with Crippen LogP contribution in [0.1, 0.15) is 30.4 Å². The average Bonchev–Trinajstić information content (AvgIpc) is 3.42. The highest BCUT2D eigenvalue weighted by Crippen LogP contribution is 2.50. The van der Waals surface area contributed by atoms with E-state index in [1.54, 1.807) is 0 Å². The number of ketones is 1. The second-order valence-corrected chi connectivity index (χ2v) is 7.21. The predicted molar refractivity (Wildman–Crippen MR) is 95.6 cm³/mol. The third kappa shape index (κ3) is 4.09. The first kappa shape index (κ1) is 19.4. The van der Waals surface area contributed by atoms with Crippen LogP contribution in [0.3, 0.4) is 0 Å². The smallest absolute Gasteiger partial charge is 0.416 e. The quantitative estimate of drug-likeness (QED) is 0.797. The molecule has 0 bridgehead atoms. The van der Waals surface area contributed by atoms with E-state index in [-0.39, 0.29) is 36.0 Å². The van der Waals surface area contributed by atoms with Crippen molar-refractivity contribution >= 4 is 5.78 Å². The monoisotopic (exact) mass is 405 g/mol. The molecule has 1 heterocycles. The minimum atomic E-state index is -4.69. The lowest BCUT2D eigenvalue weighted by atomic mass is 9.85. The van der Waals surface area contributed by atoms with Crippen LogP contribution in [0.5, 0.6) is 5.75 Å². The molecule has 1 aromatic carbocycles. The summed E-state index contributed by atoms with van der Waals surface area (Å²) in [7, 11) is 0. The van der Waals surface area contributed by atoms with E-state index in [9.17, 15) is 23.1 Å². The van der Waals surface area contributed by atoms with Gasteiger partial charge in [-0.15, -0.1) is 0 Å². The summed E-state index contributed by atoms with van der Waals surface area (Å²) in [6.07, 6.45) is 3.58. The Morgan fingerprint density at radius 1 is 1.21 bits per heavy atom. The zero-order valence-corrected chi connectivity index (χ0v) is 15.3. The fourth-order valence-electron chi connectivity index (χ4n) is 3.48. The van der Waals surface area contributed by atoms with Gasteiger partial charge < -0.3 is 9.84 Å². The number of ether oxygens (including phenoxy) is 1. The molecule has 6 nitrogen and oxygen atoms in total. The number of rotatable bonds is 6. The van der Waals surface area contributed by atoms with Crippen LogP contribution in [-0.2, 0) is 23.1 Å². The van der Waals surface area contributed by atoms with Gasteiger partial charge in [0.05, 0.1) is 12.1 Å². The van der Waals surface area contributed by atoms with E-state index in [4.69, 9.17) is 4.74 Å². The molecule has 0 saturated heterocycles. The molecule has 1 aromatic heterocycles. The summed E-state index contributed by atoms with van der Waals surface area (Å²) in [6.45, 7) is -0.128. The average molecular weight is 405 g/mol. The molecule has 29 heavy (non-hydrogen) atoms. The van der Waals surface area contributed by atoms with Crippen LogP contribution in [-0.4, -0.2) is 25.7 Å². The Morgan fingerprint density at radius 2 is 2.00 bits per heavy atom. The Bertz CT molecular complexity index is 979. The molecule has 4 rings (SSSR count). The van der Waals surface area contributed by atoms with Gasteiger partial charge in [0.15, 0.2) is 5.78 Å². The first-order valence-corrected chi connectivity index (χ1v) is 9.11. The van der Waals surface area contributed by atoms with Crippen molar-refractivity contribution < 1.29 is 27.8 Å². The lowest BCUT2D eigenvalue weighted by molar-refractivity contribution is -0.141. The minimum absolute atomic E-state index is 0.0229. The van der Waals surface area contributed by atoms with Crippen LogP contribution in [0.4, 0.5) is 13.2 Å². The van der Waals surface area contributed by atoms with Gasteiger partial charge >= 0.3 is 6.18 Å². The molecular weight excluding hydrogens is 387 g/mol. The third-order valence-electron chi connectivity index (χ3n) is 5.06. The molecule has 1 N–H and O–H groups in total. The molecule has 1 unspecified atom stereocenters. The first-order valence-electron chi connectivity index (χ1n) is 9.11. The van der Waals surface area contributed by atoms with Gasteiger partial charge in [-0.05, 0) is 54.7 Å². The van der Waals surface area contributed by atoms with Gasteiger partial charge in [0.2, 0.25) is 0 Å². The molecule has 2 aromatic rings. The Kier molecular flexibility index (Phi) is 4.77. The lowest BCUT2D eigenvalue weighted by Crippen LogP contribution is -2.36. The summed E-state index contributed by atoms with van der Waals surface area (Å²) in [4.78, 5) is 15.0.